The number of hydrogen-bond donors (Lipinski definition) is 3. The van der Waals surface area contributed by atoms with E-state index in [9.17, 15) is 9.59 Å². The standard InChI is InChI=1S/C20H23N3O2/c1-14-4-2-5-15(10-14)12-19(24)21-13-16-6-3-7-18(11-16)23-20(25)22-17-8-9-17/h2-7,10-11,17H,8-9,12-13H2,1H3,(H,21,24)(H2,22,23,25). The average Bonchev–Trinajstić information content (AvgIpc) is 3.37. The second-order valence-electron chi connectivity index (χ2n) is 6.52. The van der Waals surface area contributed by atoms with Crippen LogP contribution in [0.5, 0.6) is 0 Å². The zero-order valence-electron chi connectivity index (χ0n) is 14.3. The molecule has 0 aromatic heterocycles. The van der Waals surface area contributed by atoms with Crippen LogP contribution in [0, 0.1) is 6.92 Å². The summed E-state index contributed by atoms with van der Waals surface area (Å²) in [7, 11) is 0. The Hall–Kier alpha value is -2.82. The summed E-state index contributed by atoms with van der Waals surface area (Å²) >= 11 is 0. The summed E-state index contributed by atoms with van der Waals surface area (Å²) in [5, 5.41) is 8.63. The summed E-state index contributed by atoms with van der Waals surface area (Å²) in [5.41, 5.74) is 3.82. The second-order valence-corrected chi connectivity index (χ2v) is 6.52. The van der Waals surface area contributed by atoms with Crippen LogP contribution < -0.4 is 16.0 Å². The van der Waals surface area contributed by atoms with E-state index >= 15 is 0 Å². The van der Waals surface area contributed by atoms with E-state index in [4.69, 9.17) is 0 Å². The van der Waals surface area contributed by atoms with Crippen LogP contribution in [0.2, 0.25) is 0 Å². The van der Waals surface area contributed by atoms with Gasteiger partial charge >= 0.3 is 6.03 Å². The Morgan fingerprint density at radius 2 is 1.80 bits per heavy atom. The van der Waals surface area contributed by atoms with Gasteiger partial charge in [0.05, 0.1) is 6.42 Å². The van der Waals surface area contributed by atoms with Gasteiger partial charge in [0.1, 0.15) is 0 Å². The van der Waals surface area contributed by atoms with Crippen LogP contribution in [0.25, 0.3) is 0 Å². The molecule has 3 amide bonds. The number of hydrogen-bond acceptors (Lipinski definition) is 2. The molecule has 5 heteroatoms. The third-order valence-electron chi connectivity index (χ3n) is 4.03. The zero-order valence-corrected chi connectivity index (χ0v) is 14.3. The quantitative estimate of drug-likeness (QED) is 0.758. The van der Waals surface area contributed by atoms with Gasteiger partial charge in [-0.05, 0) is 43.0 Å². The summed E-state index contributed by atoms with van der Waals surface area (Å²) in [4.78, 5) is 23.9. The van der Waals surface area contributed by atoms with Crippen molar-refractivity contribution in [2.45, 2.75) is 38.8 Å². The number of carbonyl (C=O) groups excluding carboxylic acids is 2. The minimum Gasteiger partial charge on any atom is -0.352 e. The van der Waals surface area contributed by atoms with Gasteiger partial charge in [-0.25, -0.2) is 4.79 Å². The van der Waals surface area contributed by atoms with Crippen molar-refractivity contribution >= 4 is 17.6 Å². The van der Waals surface area contributed by atoms with Crippen LogP contribution in [0.15, 0.2) is 48.5 Å². The van der Waals surface area contributed by atoms with Gasteiger partial charge in [0.2, 0.25) is 5.91 Å². The molecule has 0 unspecified atom stereocenters. The molecule has 0 heterocycles. The fraction of sp³-hybridized carbons (Fsp3) is 0.300. The van der Waals surface area contributed by atoms with Crippen molar-refractivity contribution in [3.8, 4) is 0 Å². The van der Waals surface area contributed by atoms with Crippen molar-refractivity contribution in [3.63, 3.8) is 0 Å². The van der Waals surface area contributed by atoms with Gasteiger partial charge in [0.15, 0.2) is 0 Å². The van der Waals surface area contributed by atoms with Crippen LogP contribution >= 0.6 is 0 Å². The largest absolute Gasteiger partial charge is 0.352 e. The fourth-order valence-electron chi connectivity index (χ4n) is 2.61. The Morgan fingerprint density at radius 1 is 1.04 bits per heavy atom. The lowest BCUT2D eigenvalue weighted by Crippen LogP contribution is -2.30. The number of aryl methyl sites for hydroxylation is 1. The highest BCUT2D eigenvalue weighted by atomic mass is 16.2. The monoisotopic (exact) mass is 337 g/mol. The highest BCUT2D eigenvalue weighted by Gasteiger charge is 2.23. The second kappa shape index (κ2) is 7.83. The first-order chi connectivity index (χ1) is 12.1. The van der Waals surface area contributed by atoms with Gasteiger partial charge < -0.3 is 16.0 Å². The SMILES string of the molecule is Cc1cccc(CC(=O)NCc2cccc(NC(=O)NC3CC3)c2)c1. The van der Waals surface area contributed by atoms with Crippen molar-refractivity contribution in [1.29, 1.82) is 0 Å². The predicted molar refractivity (Wildman–Crippen MR) is 98.3 cm³/mol. The molecular formula is C20H23N3O2. The average molecular weight is 337 g/mol. The van der Waals surface area contributed by atoms with Crippen LogP contribution in [0.3, 0.4) is 0 Å². The molecule has 0 aliphatic heterocycles. The third kappa shape index (κ3) is 5.64. The maximum absolute atomic E-state index is 12.1. The molecule has 0 radical (unpaired) electrons. The predicted octanol–water partition coefficient (Wildman–Crippen LogP) is 3.14. The van der Waals surface area contributed by atoms with E-state index in [-0.39, 0.29) is 11.9 Å². The van der Waals surface area contributed by atoms with Gasteiger partial charge in [-0.3, -0.25) is 4.79 Å². The lowest BCUT2D eigenvalue weighted by atomic mass is 10.1. The molecule has 2 aromatic rings. The number of anilines is 1. The summed E-state index contributed by atoms with van der Waals surface area (Å²) < 4.78 is 0. The Labute approximate surface area is 147 Å². The third-order valence-corrected chi connectivity index (χ3v) is 4.03. The van der Waals surface area contributed by atoms with Crippen molar-refractivity contribution in [3.05, 3.63) is 65.2 Å². The lowest BCUT2D eigenvalue weighted by Gasteiger charge is -2.09. The summed E-state index contributed by atoms with van der Waals surface area (Å²) in [6.45, 7) is 2.45. The Morgan fingerprint density at radius 3 is 2.56 bits per heavy atom. The smallest absolute Gasteiger partial charge is 0.319 e. The number of rotatable bonds is 6. The van der Waals surface area contributed by atoms with Gasteiger partial charge in [-0.15, -0.1) is 0 Å². The van der Waals surface area contributed by atoms with Crippen LogP contribution in [-0.2, 0) is 17.8 Å². The van der Waals surface area contributed by atoms with Gasteiger partial charge in [0.25, 0.3) is 0 Å². The number of urea groups is 1. The Balaban J connectivity index is 1.49. The van der Waals surface area contributed by atoms with Gasteiger partial charge in [-0.1, -0.05) is 42.0 Å². The first-order valence-corrected chi connectivity index (χ1v) is 8.57. The molecule has 25 heavy (non-hydrogen) atoms. The van der Waals surface area contributed by atoms with Crippen LogP contribution in [-0.4, -0.2) is 18.0 Å². The van der Waals surface area contributed by atoms with E-state index in [1.165, 1.54) is 0 Å². The molecule has 0 bridgehead atoms. The minimum absolute atomic E-state index is 0.0181. The summed E-state index contributed by atoms with van der Waals surface area (Å²) in [6.07, 6.45) is 2.48. The summed E-state index contributed by atoms with van der Waals surface area (Å²) in [6, 6.07) is 15.6. The van der Waals surface area contributed by atoms with E-state index < -0.39 is 0 Å². The molecule has 1 saturated carbocycles. The molecule has 1 aliphatic carbocycles. The van der Waals surface area contributed by atoms with Crippen molar-refractivity contribution in [2.75, 3.05) is 5.32 Å². The van der Waals surface area contributed by atoms with E-state index in [0.29, 0.717) is 19.0 Å². The highest BCUT2D eigenvalue weighted by Crippen LogP contribution is 2.19. The minimum atomic E-state index is -0.178. The molecule has 1 fully saturated rings. The van der Waals surface area contributed by atoms with E-state index in [2.05, 4.69) is 16.0 Å². The van der Waals surface area contributed by atoms with E-state index in [0.717, 1.165) is 35.2 Å². The van der Waals surface area contributed by atoms with E-state index in [1.807, 2.05) is 55.5 Å². The maximum atomic E-state index is 12.1. The first-order valence-electron chi connectivity index (χ1n) is 8.57. The molecule has 130 valence electrons. The Bertz CT molecular complexity index is 769. The molecule has 3 rings (SSSR count). The molecular weight excluding hydrogens is 314 g/mol. The molecule has 3 N–H and O–H groups in total. The highest BCUT2D eigenvalue weighted by molar-refractivity contribution is 5.89. The number of amides is 3. The van der Waals surface area contributed by atoms with Crippen molar-refractivity contribution < 1.29 is 9.59 Å². The van der Waals surface area contributed by atoms with Crippen molar-refractivity contribution in [2.24, 2.45) is 0 Å². The van der Waals surface area contributed by atoms with E-state index in [1.54, 1.807) is 0 Å². The first kappa shape index (κ1) is 17.0. The number of benzene rings is 2. The van der Waals surface area contributed by atoms with Crippen molar-refractivity contribution in [1.82, 2.24) is 10.6 Å². The normalized spacial score (nSPS) is 13.2. The molecule has 0 spiro atoms. The fourth-order valence-corrected chi connectivity index (χ4v) is 2.61. The number of nitrogens with one attached hydrogen (secondary N) is 3. The lowest BCUT2D eigenvalue weighted by molar-refractivity contribution is -0.120. The topological polar surface area (TPSA) is 70.2 Å². The van der Waals surface area contributed by atoms with Crippen LogP contribution in [0.1, 0.15) is 29.5 Å². The maximum Gasteiger partial charge on any atom is 0.319 e. The molecule has 2 aromatic carbocycles. The van der Waals surface area contributed by atoms with Crippen LogP contribution in [0.4, 0.5) is 10.5 Å². The number of carbonyl (C=O) groups is 2. The van der Waals surface area contributed by atoms with Gasteiger partial charge in [-0.2, -0.15) is 0 Å². The molecule has 0 atom stereocenters. The molecule has 5 nitrogen and oxygen atoms in total. The zero-order chi connectivity index (χ0) is 17.6. The molecule has 1 aliphatic rings. The summed E-state index contributed by atoms with van der Waals surface area (Å²) in [5.74, 6) is -0.0181. The Kier molecular flexibility index (Phi) is 5.33. The van der Waals surface area contributed by atoms with Gasteiger partial charge in [0, 0.05) is 18.3 Å². The molecule has 0 saturated heterocycles.